The van der Waals surface area contributed by atoms with Gasteiger partial charge in [0.1, 0.15) is 0 Å². The first-order valence-electron chi connectivity index (χ1n) is 3.55. The molecular weight excluding hydrogens is 142 g/mol. The maximum Gasteiger partial charge on any atom is 0.0505 e. The Bertz CT molecular complexity index is 248. The first-order valence-corrected chi connectivity index (χ1v) is 4.43. The molecule has 2 rings (SSSR count). The van der Waals surface area contributed by atoms with Gasteiger partial charge in [0.15, 0.2) is 0 Å². The Balaban J connectivity index is 2.34. The fourth-order valence-corrected chi connectivity index (χ4v) is 2.15. The third kappa shape index (κ3) is 0.879. The molecule has 0 bridgehead atoms. The van der Waals surface area contributed by atoms with E-state index in [1.807, 2.05) is 0 Å². The van der Waals surface area contributed by atoms with Crippen molar-refractivity contribution in [1.82, 2.24) is 0 Å². The van der Waals surface area contributed by atoms with E-state index in [0.29, 0.717) is 0 Å². The number of hydrogen-bond acceptors (Lipinski definition) is 2. The summed E-state index contributed by atoms with van der Waals surface area (Å²) in [6.07, 6.45) is 2.35. The number of nitrogens with two attached hydrogens (primary N) is 1. The average molecular weight is 153 g/mol. The van der Waals surface area contributed by atoms with Gasteiger partial charge in [0.05, 0.1) is 5.54 Å². The molecule has 1 heterocycles. The van der Waals surface area contributed by atoms with Crippen molar-refractivity contribution in [2.24, 2.45) is 5.73 Å². The van der Waals surface area contributed by atoms with Gasteiger partial charge in [0, 0.05) is 4.88 Å². The molecule has 0 aromatic carbocycles. The molecule has 2 N–H and O–H groups in total. The molecule has 1 aliphatic carbocycles. The highest BCUT2D eigenvalue weighted by molar-refractivity contribution is 7.10. The molecule has 1 nitrogen and oxygen atoms in total. The molecule has 1 fully saturated rings. The lowest BCUT2D eigenvalue weighted by atomic mass is 10.2. The van der Waals surface area contributed by atoms with Crippen molar-refractivity contribution in [3.63, 3.8) is 0 Å². The van der Waals surface area contributed by atoms with Gasteiger partial charge in [0.2, 0.25) is 0 Å². The Hall–Kier alpha value is -0.340. The average Bonchev–Trinajstić information content (AvgIpc) is 2.45. The molecule has 0 radical (unpaired) electrons. The number of thiophene rings is 1. The first-order chi connectivity index (χ1) is 4.71. The van der Waals surface area contributed by atoms with Crippen LogP contribution < -0.4 is 5.73 Å². The van der Waals surface area contributed by atoms with E-state index in [9.17, 15) is 0 Å². The van der Waals surface area contributed by atoms with Crippen molar-refractivity contribution < 1.29 is 0 Å². The molecule has 1 aromatic heterocycles. The van der Waals surface area contributed by atoms with Crippen molar-refractivity contribution >= 4 is 11.3 Å². The Morgan fingerprint density at radius 1 is 1.60 bits per heavy atom. The molecule has 0 spiro atoms. The molecule has 0 atom stereocenters. The van der Waals surface area contributed by atoms with E-state index in [-0.39, 0.29) is 5.54 Å². The van der Waals surface area contributed by atoms with E-state index in [1.165, 1.54) is 23.3 Å². The highest BCUT2D eigenvalue weighted by atomic mass is 32.1. The lowest BCUT2D eigenvalue weighted by Crippen LogP contribution is -2.16. The molecule has 0 aliphatic heterocycles. The summed E-state index contributed by atoms with van der Waals surface area (Å²) in [7, 11) is 0. The fourth-order valence-electron chi connectivity index (χ4n) is 1.07. The van der Waals surface area contributed by atoms with E-state index < -0.39 is 0 Å². The highest BCUT2D eigenvalue weighted by Gasteiger charge is 2.40. The molecule has 0 amide bonds. The van der Waals surface area contributed by atoms with E-state index in [1.54, 1.807) is 11.3 Å². The molecule has 1 saturated carbocycles. The molecule has 1 aromatic rings. The van der Waals surface area contributed by atoms with Crippen LogP contribution >= 0.6 is 11.3 Å². The summed E-state index contributed by atoms with van der Waals surface area (Å²) in [6, 6.07) is 2.21. The van der Waals surface area contributed by atoms with Crippen LogP contribution in [-0.4, -0.2) is 0 Å². The van der Waals surface area contributed by atoms with E-state index in [2.05, 4.69) is 18.4 Å². The quantitative estimate of drug-likeness (QED) is 0.656. The summed E-state index contributed by atoms with van der Waals surface area (Å²) in [5.74, 6) is 0. The van der Waals surface area contributed by atoms with Crippen LogP contribution in [0.25, 0.3) is 0 Å². The van der Waals surface area contributed by atoms with E-state index in [4.69, 9.17) is 5.73 Å². The van der Waals surface area contributed by atoms with Crippen molar-refractivity contribution in [1.29, 1.82) is 0 Å². The van der Waals surface area contributed by atoms with Gasteiger partial charge in [-0.1, -0.05) is 0 Å². The van der Waals surface area contributed by atoms with Crippen LogP contribution in [0.4, 0.5) is 0 Å². The minimum atomic E-state index is 0.0823. The summed E-state index contributed by atoms with van der Waals surface area (Å²) in [5.41, 5.74) is 7.42. The van der Waals surface area contributed by atoms with Gasteiger partial charge < -0.3 is 5.73 Å². The summed E-state index contributed by atoms with van der Waals surface area (Å²) >= 11 is 1.79. The summed E-state index contributed by atoms with van der Waals surface area (Å²) in [6.45, 7) is 2.12. The lowest BCUT2D eigenvalue weighted by Gasteiger charge is -2.02. The lowest BCUT2D eigenvalue weighted by molar-refractivity contribution is 0.758. The Morgan fingerprint density at radius 3 is 2.70 bits per heavy atom. The van der Waals surface area contributed by atoms with Gasteiger partial charge >= 0.3 is 0 Å². The summed E-state index contributed by atoms with van der Waals surface area (Å²) < 4.78 is 0. The minimum absolute atomic E-state index is 0.0823. The second-order valence-corrected chi connectivity index (χ2v) is 4.06. The van der Waals surface area contributed by atoms with Gasteiger partial charge in [-0.2, -0.15) is 0 Å². The van der Waals surface area contributed by atoms with Gasteiger partial charge in [-0.25, -0.2) is 0 Å². The second-order valence-electron chi connectivity index (χ2n) is 3.14. The van der Waals surface area contributed by atoms with Gasteiger partial charge in [-0.3, -0.25) is 0 Å². The molecule has 54 valence electrons. The van der Waals surface area contributed by atoms with Crippen molar-refractivity contribution in [3.8, 4) is 0 Å². The highest BCUT2D eigenvalue weighted by Crippen LogP contribution is 2.45. The minimum Gasteiger partial charge on any atom is -0.321 e. The van der Waals surface area contributed by atoms with E-state index in [0.717, 1.165) is 0 Å². The standard InChI is InChI=1S/C8H11NS/c1-6-4-7(10-5-6)8(9)2-3-8/h4-5H,2-3,9H2,1H3. The third-order valence-corrected chi connectivity index (χ3v) is 3.28. The SMILES string of the molecule is Cc1csc(C2(N)CC2)c1. The molecular formula is C8H11NS. The van der Waals surface area contributed by atoms with Crippen molar-refractivity contribution in [3.05, 3.63) is 21.9 Å². The summed E-state index contributed by atoms with van der Waals surface area (Å²) in [5, 5.41) is 2.17. The molecule has 1 aliphatic rings. The number of hydrogen-bond donors (Lipinski definition) is 1. The monoisotopic (exact) mass is 153 g/mol. The topological polar surface area (TPSA) is 26.0 Å². The normalized spacial score (nSPS) is 21.0. The number of aryl methyl sites for hydroxylation is 1. The van der Waals surface area contributed by atoms with Crippen LogP contribution in [0.5, 0.6) is 0 Å². The Kier molecular flexibility index (Phi) is 1.17. The molecule has 0 unspecified atom stereocenters. The first kappa shape index (κ1) is 6.38. The maximum atomic E-state index is 5.99. The third-order valence-electron chi connectivity index (χ3n) is 2.01. The van der Waals surface area contributed by atoms with Gasteiger partial charge in [0.25, 0.3) is 0 Å². The van der Waals surface area contributed by atoms with Crippen LogP contribution in [0.1, 0.15) is 23.3 Å². The number of rotatable bonds is 1. The van der Waals surface area contributed by atoms with E-state index >= 15 is 0 Å². The zero-order valence-corrected chi connectivity index (χ0v) is 6.87. The zero-order valence-electron chi connectivity index (χ0n) is 6.05. The molecule has 10 heavy (non-hydrogen) atoms. The van der Waals surface area contributed by atoms with Crippen molar-refractivity contribution in [2.75, 3.05) is 0 Å². The molecule has 0 saturated heterocycles. The van der Waals surface area contributed by atoms with Crippen LogP contribution in [0.15, 0.2) is 11.4 Å². The Labute approximate surface area is 64.9 Å². The van der Waals surface area contributed by atoms with Crippen LogP contribution in [-0.2, 0) is 5.54 Å². The van der Waals surface area contributed by atoms with Gasteiger partial charge in [-0.05, 0) is 36.8 Å². The second kappa shape index (κ2) is 1.83. The largest absolute Gasteiger partial charge is 0.321 e. The van der Waals surface area contributed by atoms with Crippen LogP contribution in [0, 0.1) is 6.92 Å². The van der Waals surface area contributed by atoms with Gasteiger partial charge in [-0.15, -0.1) is 11.3 Å². The van der Waals surface area contributed by atoms with Crippen molar-refractivity contribution in [2.45, 2.75) is 25.3 Å². The summed E-state index contributed by atoms with van der Waals surface area (Å²) in [4.78, 5) is 1.37. The fraction of sp³-hybridized carbons (Fsp3) is 0.500. The van der Waals surface area contributed by atoms with Crippen LogP contribution in [0.3, 0.4) is 0 Å². The molecule has 2 heteroatoms. The maximum absolute atomic E-state index is 5.99. The predicted molar refractivity (Wildman–Crippen MR) is 44.2 cm³/mol. The Morgan fingerprint density at radius 2 is 2.30 bits per heavy atom. The predicted octanol–water partition coefficient (Wildman–Crippen LogP) is 2.00. The van der Waals surface area contributed by atoms with Crippen LogP contribution in [0.2, 0.25) is 0 Å². The smallest absolute Gasteiger partial charge is 0.0505 e. The zero-order chi connectivity index (χ0) is 7.19.